The lowest BCUT2D eigenvalue weighted by atomic mass is 10.2. The number of nitrogens with one attached hydrogen (secondary N) is 1. The number of anilines is 1. The van der Waals surface area contributed by atoms with Crippen LogP contribution in [0.4, 0.5) is 10.1 Å². The van der Waals surface area contributed by atoms with E-state index in [1.807, 2.05) is 0 Å². The predicted molar refractivity (Wildman–Crippen MR) is 67.6 cm³/mol. The molecule has 0 heterocycles. The lowest BCUT2D eigenvalue weighted by Crippen LogP contribution is -2.05. The molecule has 100 valence electrons. The largest absolute Gasteiger partial charge is 0.478 e. The second-order valence-corrected chi connectivity index (χ2v) is 3.98. The summed E-state index contributed by atoms with van der Waals surface area (Å²) in [7, 11) is 1.67. The highest BCUT2D eigenvalue weighted by molar-refractivity contribution is 5.88. The lowest BCUT2D eigenvalue weighted by Gasteiger charge is -2.07. The summed E-state index contributed by atoms with van der Waals surface area (Å²) < 4.78 is 18.3. The van der Waals surface area contributed by atoms with E-state index in [0.29, 0.717) is 5.69 Å². The molecule has 0 radical (unpaired) electrons. The van der Waals surface area contributed by atoms with Crippen LogP contribution >= 0.6 is 0 Å². The minimum Gasteiger partial charge on any atom is -0.478 e. The minimum absolute atomic E-state index is 0.305. The molecule has 0 atom stereocenters. The number of methoxy groups -OCH3 is 1. The molecule has 0 fully saturated rings. The average Bonchev–Trinajstić information content (AvgIpc) is 2.33. The van der Waals surface area contributed by atoms with Gasteiger partial charge in [0.2, 0.25) is 0 Å². The maximum Gasteiger partial charge on any atom is 0.338 e. The monoisotopic (exact) mass is 255 g/mol. The topological polar surface area (TPSA) is 58.6 Å². The van der Waals surface area contributed by atoms with Crippen molar-refractivity contribution in [2.45, 2.75) is 19.3 Å². The van der Waals surface area contributed by atoms with Crippen molar-refractivity contribution in [2.75, 3.05) is 25.6 Å². The number of carbonyl (C=O) groups is 1. The van der Waals surface area contributed by atoms with Crippen molar-refractivity contribution < 1.29 is 19.0 Å². The third kappa shape index (κ3) is 4.71. The number of unbranched alkanes of at least 4 members (excludes halogenated alkanes) is 2. The standard InChI is InChI=1S/C13H18FNO3/c1-18-8-4-2-3-7-15-10-5-6-11(13(16)17)12(14)9-10/h5-6,9,15H,2-4,7-8H2,1H3,(H,16,17). The number of hydrogen-bond acceptors (Lipinski definition) is 3. The summed E-state index contributed by atoms with van der Waals surface area (Å²) in [5, 5.41) is 11.7. The van der Waals surface area contributed by atoms with Crippen molar-refractivity contribution in [3.05, 3.63) is 29.6 Å². The van der Waals surface area contributed by atoms with Gasteiger partial charge >= 0.3 is 5.97 Å². The van der Waals surface area contributed by atoms with Crippen LogP contribution in [0.1, 0.15) is 29.6 Å². The van der Waals surface area contributed by atoms with Crippen LogP contribution in [0.3, 0.4) is 0 Å². The number of hydrogen-bond donors (Lipinski definition) is 2. The van der Waals surface area contributed by atoms with Crippen LogP contribution in [0.2, 0.25) is 0 Å². The smallest absolute Gasteiger partial charge is 0.338 e. The van der Waals surface area contributed by atoms with E-state index in [4.69, 9.17) is 9.84 Å². The van der Waals surface area contributed by atoms with Crippen molar-refractivity contribution in [1.29, 1.82) is 0 Å². The Morgan fingerprint density at radius 1 is 1.39 bits per heavy atom. The first-order valence-electron chi connectivity index (χ1n) is 5.91. The third-order valence-electron chi connectivity index (χ3n) is 2.55. The quantitative estimate of drug-likeness (QED) is 0.701. The van der Waals surface area contributed by atoms with Gasteiger partial charge < -0.3 is 15.2 Å². The molecule has 0 spiro atoms. The number of rotatable bonds is 8. The van der Waals surface area contributed by atoms with Gasteiger partial charge in [-0.25, -0.2) is 9.18 Å². The second kappa shape index (κ2) is 7.66. The van der Waals surface area contributed by atoms with Crippen molar-refractivity contribution in [3.8, 4) is 0 Å². The first-order valence-corrected chi connectivity index (χ1v) is 5.91. The molecule has 0 aliphatic rings. The molecule has 0 bridgehead atoms. The maximum absolute atomic E-state index is 13.3. The Labute approximate surface area is 106 Å². The SMILES string of the molecule is COCCCCCNc1ccc(C(=O)O)c(F)c1. The Hall–Kier alpha value is -1.62. The number of ether oxygens (including phenoxy) is 1. The zero-order chi connectivity index (χ0) is 13.4. The Balaban J connectivity index is 2.35. The molecule has 0 aromatic heterocycles. The fourth-order valence-electron chi connectivity index (χ4n) is 1.58. The normalized spacial score (nSPS) is 10.3. The minimum atomic E-state index is -1.25. The molecule has 0 amide bonds. The molecular weight excluding hydrogens is 237 g/mol. The molecule has 0 saturated carbocycles. The molecule has 4 nitrogen and oxygen atoms in total. The van der Waals surface area contributed by atoms with E-state index in [-0.39, 0.29) is 5.56 Å². The first-order chi connectivity index (χ1) is 8.65. The molecule has 0 aliphatic heterocycles. The van der Waals surface area contributed by atoms with Crippen molar-refractivity contribution >= 4 is 11.7 Å². The maximum atomic E-state index is 13.3. The van der Waals surface area contributed by atoms with Crippen LogP contribution in [0.25, 0.3) is 0 Å². The molecule has 1 aromatic rings. The highest BCUT2D eigenvalue weighted by atomic mass is 19.1. The summed E-state index contributed by atoms with van der Waals surface area (Å²) in [4.78, 5) is 10.6. The van der Waals surface area contributed by atoms with Crippen molar-refractivity contribution in [1.82, 2.24) is 0 Å². The van der Waals surface area contributed by atoms with E-state index >= 15 is 0 Å². The Morgan fingerprint density at radius 2 is 2.17 bits per heavy atom. The van der Waals surface area contributed by atoms with E-state index in [0.717, 1.165) is 32.4 Å². The third-order valence-corrected chi connectivity index (χ3v) is 2.55. The van der Waals surface area contributed by atoms with Gasteiger partial charge in [-0.3, -0.25) is 0 Å². The van der Waals surface area contributed by atoms with Gasteiger partial charge in [0.25, 0.3) is 0 Å². The summed E-state index contributed by atoms with van der Waals surface area (Å²) >= 11 is 0. The lowest BCUT2D eigenvalue weighted by molar-refractivity contribution is 0.0692. The Bertz CT molecular complexity index is 396. The average molecular weight is 255 g/mol. The number of carboxylic acids is 1. The van der Waals surface area contributed by atoms with Gasteiger partial charge in [0, 0.05) is 25.9 Å². The summed E-state index contributed by atoms with van der Waals surface area (Å²) in [6, 6.07) is 4.05. The van der Waals surface area contributed by atoms with Gasteiger partial charge in [0.1, 0.15) is 5.82 Å². The molecule has 0 aliphatic carbocycles. The van der Waals surface area contributed by atoms with Gasteiger partial charge in [-0.2, -0.15) is 0 Å². The molecule has 0 saturated heterocycles. The number of aromatic carboxylic acids is 1. The second-order valence-electron chi connectivity index (χ2n) is 3.98. The van der Waals surface area contributed by atoms with Crippen molar-refractivity contribution in [2.24, 2.45) is 0 Å². The van der Waals surface area contributed by atoms with E-state index in [9.17, 15) is 9.18 Å². The highest BCUT2D eigenvalue weighted by Crippen LogP contribution is 2.14. The van der Waals surface area contributed by atoms with Crippen LogP contribution in [0, 0.1) is 5.82 Å². The van der Waals surface area contributed by atoms with Crippen LogP contribution in [0.5, 0.6) is 0 Å². The number of halogens is 1. The summed E-state index contributed by atoms with van der Waals surface area (Å²) in [6.45, 7) is 1.48. The van der Waals surface area contributed by atoms with Crippen LogP contribution < -0.4 is 5.32 Å². The molecule has 2 N–H and O–H groups in total. The molecular formula is C13H18FNO3. The predicted octanol–water partition coefficient (Wildman–Crippen LogP) is 2.75. The molecule has 18 heavy (non-hydrogen) atoms. The fraction of sp³-hybridized carbons (Fsp3) is 0.462. The molecule has 1 rings (SSSR count). The van der Waals surface area contributed by atoms with Crippen LogP contribution in [-0.2, 0) is 4.74 Å². The Morgan fingerprint density at radius 3 is 2.78 bits per heavy atom. The number of carboxylic acid groups (broad SMARTS) is 1. The first kappa shape index (κ1) is 14.4. The van der Waals surface area contributed by atoms with Gasteiger partial charge in [-0.1, -0.05) is 0 Å². The molecule has 1 aromatic carbocycles. The zero-order valence-corrected chi connectivity index (χ0v) is 10.4. The summed E-state index contributed by atoms with van der Waals surface area (Å²) in [5.41, 5.74) is 0.296. The van der Waals surface area contributed by atoms with Gasteiger partial charge in [0.15, 0.2) is 0 Å². The number of benzene rings is 1. The molecule has 5 heteroatoms. The van der Waals surface area contributed by atoms with Gasteiger partial charge in [-0.05, 0) is 37.5 Å². The fourth-order valence-corrected chi connectivity index (χ4v) is 1.58. The summed E-state index contributed by atoms with van der Waals surface area (Å²) in [6.07, 6.45) is 3.01. The molecule has 0 unspecified atom stereocenters. The van der Waals surface area contributed by atoms with Crippen LogP contribution in [-0.4, -0.2) is 31.3 Å². The summed E-state index contributed by atoms with van der Waals surface area (Å²) in [5.74, 6) is -1.97. The van der Waals surface area contributed by atoms with E-state index < -0.39 is 11.8 Å². The van der Waals surface area contributed by atoms with E-state index in [2.05, 4.69) is 5.32 Å². The van der Waals surface area contributed by atoms with E-state index in [1.54, 1.807) is 13.2 Å². The van der Waals surface area contributed by atoms with Crippen LogP contribution in [0.15, 0.2) is 18.2 Å². The van der Waals surface area contributed by atoms with Gasteiger partial charge in [0.05, 0.1) is 5.56 Å². The van der Waals surface area contributed by atoms with Crippen molar-refractivity contribution in [3.63, 3.8) is 0 Å². The Kier molecular flexibility index (Phi) is 6.14. The van der Waals surface area contributed by atoms with Gasteiger partial charge in [-0.15, -0.1) is 0 Å². The highest BCUT2D eigenvalue weighted by Gasteiger charge is 2.09. The zero-order valence-electron chi connectivity index (χ0n) is 10.4. The van der Waals surface area contributed by atoms with E-state index in [1.165, 1.54) is 12.1 Å².